The van der Waals surface area contributed by atoms with E-state index in [1.807, 2.05) is 19.1 Å². The van der Waals surface area contributed by atoms with Gasteiger partial charge in [-0.25, -0.2) is 9.97 Å². The van der Waals surface area contributed by atoms with Crippen molar-refractivity contribution in [3.63, 3.8) is 0 Å². The summed E-state index contributed by atoms with van der Waals surface area (Å²) in [6.45, 7) is 2.36. The SMILES string of the molecule is Cc1nc(N)nc2c1/C=C(/c1ccn[nH]1)C(=O)CCC2C1CCC(OCCO)CC1. The van der Waals surface area contributed by atoms with E-state index in [1.54, 1.807) is 6.20 Å². The molecule has 0 aliphatic heterocycles. The standard InChI is InChI=1S/C22H29N5O3/c1-13-17-12-18(19-8-9-24-27-19)20(29)7-6-16(21(17)26-22(23)25-13)14-2-4-15(5-3-14)30-11-10-28/h8-9,12,14-16,28H,2-7,10-11H2,1H3,(H,24,27)(H2,23,25,26)/b18-12-. The fourth-order valence-corrected chi connectivity index (χ4v) is 4.84. The number of rotatable bonds is 5. The second kappa shape index (κ2) is 9.06. The third-order valence-corrected chi connectivity index (χ3v) is 6.33. The van der Waals surface area contributed by atoms with E-state index < -0.39 is 0 Å². The third-order valence-electron chi connectivity index (χ3n) is 6.33. The number of ketones is 1. The van der Waals surface area contributed by atoms with Crippen molar-refractivity contribution in [2.24, 2.45) is 5.92 Å². The molecule has 2 aromatic heterocycles. The molecule has 2 heterocycles. The van der Waals surface area contributed by atoms with Gasteiger partial charge in [-0.1, -0.05) is 0 Å². The number of nitrogens with two attached hydrogens (primary N) is 1. The van der Waals surface area contributed by atoms with E-state index in [0.717, 1.165) is 49.1 Å². The molecule has 2 aliphatic rings. The molecular weight excluding hydrogens is 382 g/mol. The predicted molar refractivity (Wildman–Crippen MR) is 113 cm³/mol. The van der Waals surface area contributed by atoms with Crippen molar-refractivity contribution in [3.05, 3.63) is 34.9 Å². The first-order chi connectivity index (χ1) is 14.6. The number of Topliss-reactive ketones (excluding diaryl/α,β-unsaturated/α-hetero) is 1. The second-order valence-corrected chi connectivity index (χ2v) is 8.19. The lowest BCUT2D eigenvalue weighted by Crippen LogP contribution is -2.28. The summed E-state index contributed by atoms with van der Waals surface area (Å²) in [7, 11) is 0. The molecule has 4 N–H and O–H groups in total. The number of fused-ring (bicyclic) bond motifs is 1. The summed E-state index contributed by atoms with van der Waals surface area (Å²) in [5, 5.41) is 15.9. The zero-order valence-electron chi connectivity index (χ0n) is 17.3. The lowest BCUT2D eigenvalue weighted by Gasteiger charge is -2.35. The molecular formula is C22H29N5O3. The summed E-state index contributed by atoms with van der Waals surface area (Å²) in [6, 6.07) is 1.81. The number of aliphatic hydroxyl groups excluding tert-OH is 1. The summed E-state index contributed by atoms with van der Waals surface area (Å²) in [6.07, 6.45) is 8.88. The molecule has 0 saturated heterocycles. The Kier molecular flexibility index (Phi) is 6.24. The van der Waals surface area contributed by atoms with Crippen LogP contribution in [-0.2, 0) is 9.53 Å². The Morgan fingerprint density at radius 3 is 2.73 bits per heavy atom. The zero-order valence-corrected chi connectivity index (χ0v) is 17.3. The minimum atomic E-state index is 0.0541. The number of anilines is 1. The van der Waals surface area contributed by atoms with Gasteiger partial charge in [0, 0.05) is 29.7 Å². The van der Waals surface area contributed by atoms with Crippen LogP contribution >= 0.6 is 0 Å². The Balaban J connectivity index is 1.67. The first-order valence-corrected chi connectivity index (χ1v) is 10.7. The van der Waals surface area contributed by atoms with Crippen LogP contribution in [0.4, 0.5) is 5.95 Å². The topological polar surface area (TPSA) is 127 Å². The number of aromatic nitrogens is 4. The molecule has 8 nitrogen and oxygen atoms in total. The second-order valence-electron chi connectivity index (χ2n) is 8.19. The van der Waals surface area contributed by atoms with Gasteiger partial charge < -0.3 is 15.6 Å². The third kappa shape index (κ3) is 4.29. The Hall–Kier alpha value is -2.58. The van der Waals surface area contributed by atoms with Crippen LogP contribution in [0, 0.1) is 12.8 Å². The molecule has 0 radical (unpaired) electrons. The first-order valence-electron chi connectivity index (χ1n) is 10.7. The Labute approximate surface area is 176 Å². The van der Waals surface area contributed by atoms with Gasteiger partial charge in [-0.05, 0) is 57.1 Å². The van der Waals surface area contributed by atoms with Gasteiger partial charge in [0.25, 0.3) is 0 Å². The molecule has 0 spiro atoms. The zero-order chi connectivity index (χ0) is 21.1. The molecule has 1 atom stereocenters. The molecule has 0 amide bonds. The van der Waals surface area contributed by atoms with Crippen LogP contribution in [0.3, 0.4) is 0 Å². The number of hydrogen-bond donors (Lipinski definition) is 3. The van der Waals surface area contributed by atoms with Crippen molar-refractivity contribution in [2.75, 3.05) is 18.9 Å². The average molecular weight is 412 g/mol. The maximum absolute atomic E-state index is 13.0. The molecule has 30 heavy (non-hydrogen) atoms. The predicted octanol–water partition coefficient (Wildman–Crippen LogP) is 2.65. The van der Waals surface area contributed by atoms with E-state index in [9.17, 15) is 4.79 Å². The number of hydrogen-bond acceptors (Lipinski definition) is 7. The number of carbonyl (C=O) groups excluding carboxylic acids is 1. The molecule has 2 aromatic rings. The van der Waals surface area contributed by atoms with Crippen molar-refractivity contribution >= 4 is 23.4 Å². The summed E-state index contributed by atoms with van der Waals surface area (Å²) >= 11 is 0. The first kappa shape index (κ1) is 20.7. The highest BCUT2D eigenvalue weighted by molar-refractivity contribution is 6.25. The molecule has 8 heteroatoms. The number of nitrogens with one attached hydrogen (secondary N) is 1. The van der Waals surface area contributed by atoms with Gasteiger partial charge in [0.05, 0.1) is 36.4 Å². The summed E-state index contributed by atoms with van der Waals surface area (Å²) in [5.74, 6) is 0.957. The molecule has 2 aliphatic carbocycles. The minimum Gasteiger partial charge on any atom is -0.394 e. The molecule has 0 bridgehead atoms. The number of aliphatic hydroxyl groups is 1. The van der Waals surface area contributed by atoms with Crippen molar-refractivity contribution in [3.8, 4) is 0 Å². The molecule has 1 fully saturated rings. The number of H-pyrrole nitrogens is 1. The van der Waals surface area contributed by atoms with Crippen LogP contribution in [0.15, 0.2) is 12.3 Å². The number of allylic oxidation sites excluding steroid dienone is 1. The van der Waals surface area contributed by atoms with E-state index in [1.165, 1.54) is 0 Å². The highest BCUT2D eigenvalue weighted by Crippen LogP contribution is 2.42. The lowest BCUT2D eigenvalue weighted by atomic mass is 9.73. The van der Waals surface area contributed by atoms with Gasteiger partial charge in [-0.2, -0.15) is 5.10 Å². The largest absolute Gasteiger partial charge is 0.394 e. The highest BCUT2D eigenvalue weighted by Gasteiger charge is 2.34. The summed E-state index contributed by atoms with van der Waals surface area (Å²) in [4.78, 5) is 22.1. The molecule has 160 valence electrons. The molecule has 0 aromatic carbocycles. The number of carbonyl (C=O) groups is 1. The van der Waals surface area contributed by atoms with Gasteiger partial charge in [-0.15, -0.1) is 0 Å². The van der Waals surface area contributed by atoms with E-state index >= 15 is 0 Å². The van der Waals surface area contributed by atoms with Gasteiger partial charge in [0.2, 0.25) is 5.95 Å². The van der Waals surface area contributed by atoms with Crippen LogP contribution in [-0.4, -0.2) is 50.4 Å². The number of aromatic amines is 1. The smallest absolute Gasteiger partial charge is 0.220 e. The van der Waals surface area contributed by atoms with Crippen LogP contribution in [0.25, 0.3) is 11.6 Å². The van der Waals surface area contributed by atoms with Crippen molar-refractivity contribution in [1.82, 2.24) is 20.2 Å². The van der Waals surface area contributed by atoms with E-state index in [-0.39, 0.29) is 30.4 Å². The van der Waals surface area contributed by atoms with Crippen molar-refractivity contribution < 1.29 is 14.6 Å². The molecule has 4 rings (SSSR count). The normalized spacial score (nSPS) is 26.4. The quantitative estimate of drug-likeness (QED) is 0.690. The van der Waals surface area contributed by atoms with Gasteiger partial charge >= 0.3 is 0 Å². The fraction of sp³-hybridized carbons (Fsp3) is 0.545. The van der Waals surface area contributed by atoms with Crippen LogP contribution < -0.4 is 5.73 Å². The van der Waals surface area contributed by atoms with Crippen LogP contribution in [0.1, 0.15) is 67.1 Å². The molecule has 1 saturated carbocycles. The van der Waals surface area contributed by atoms with E-state index in [0.29, 0.717) is 30.2 Å². The average Bonchev–Trinajstić information content (AvgIpc) is 3.25. The summed E-state index contributed by atoms with van der Waals surface area (Å²) < 4.78 is 5.72. The fourth-order valence-electron chi connectivity index (χ4n) is 4.84. The maximum atomic E-state index is 13.0. The minimum absolute atomic E-state index is 0.0541. The van der Waals surface area contributed by atoms with Gasteiger partial charge in [0.1, 0.15) is 0 Å². The van der Waals surface area contributed by atoms with Gasteiger partial charge in [0.15, 0.2) is 5.78 Å². The lowest BCUT2D eigenvalue weighted by molar-refractivity contribution is -0.114. The molecule has 1 unspecified atom stereocenters. The summed E-state index contributed by atoms with van der Waals surface area (Å²) in [5.41, 5.74) is 9.98. The maximum Gasteiger partial charge on any atom is 0.220 e. The highest BCUT2D eigenvalue weighted by atomic mass is 16.5. The Morgan fingerprint density at radius 2 is 2.03 bits per heavy atom. The van der Waals surface area contributed by atoms with Crippen molar-refractivity contribution in [1.29, 1.82) is 0 Å². The number of aryl methyl sites for hydroxylation is 1. The van der Waals surface area contributed by atoms with Gasteiger partial charge in [-0.3, -0.25) is 9.89 Å². The Morgan fingerprint density at radius 1 is 1.23 bits per heavy atom. The van der Waals surface area contributed by atoms with Crippen LogP contribution in [0.5, 0.6) is 0 Å². The number of nitrogens with zero attached hydrogens (tertiary/aromatic N) is 3. The monoisotopic (exact) mass is 411 g/mol. The van der Waals surface area contributed by atoms with E-state index in [4.69, 9.17) is 15.6 Å². The van der Waals surface area contributed by atoms with Crippen molar-refractivity contribution in [2.45, 2.75) is 57.5 Å². The Bertz CT molecular complexity index is 917. The number of ether oxygens (including phenoxy) is 1. The number of nitrogen functional groups attached to an aromatic ring is 1. The van der Waals surface area contributed by atoms with Crippen LogP contribution in [0.2, 0.25) is 0 Å². The van der Waals surface area contributed by atoms with E-state index in [2.05, 4.69) is 20.2 Å².